The number of carbonyl (C=O) groups excluding carboxylic acids is 1. The summed E-state index contributed by atoms with van der Waals surface area (Å²) in [4.78, 5) is 12.4. The van der Waals surface area contributed by atoms with Crippen molar-refractivity contribution in [2.75, 3.05) is 5.75 Å². The Kier molecular flexibility index (Phi) is 6.87. The Morgan fingerprint density at radius 2 is 1.81 bits per heavy atom. The maximum Gasteiger partial charge on any atom is 0.317 e. The molecule has 2 heterocycles. The molecule has 0 aliphatic heterocycles. The van der Waals surface area contributed by atoms with Gasteiger partial charge in [0, 0.05) is 22.7 Å². The third-order valence-electron chi connectivity index (χ3n) is 4.57. The van der Waals surface area contributed by atoms with Crippen molar-refractivity contribution in [1.82, 2.24) is 25.0 Å². The molecular formula is C22H20ClN5O3S. The van der Waals surface area contributed by atoms with Crippen molar-refractivity contribution in [3.8, 4) is 22.8 Å². The molecule has 0 spiro atoms. The summed E-state index contributed by atoms with van der Waals surface area (Å²) in [6, 6.07) is 16.8. The SMILES string of the molecule is CCn1c(SCC(=O)OC(C)c2nnc(-c3ccccc3)o2)nnc1-c1ccc(Cl)cc1. The number of hydrogen-bond acceptors (Lipinski definition) is 8. The number of thioether (sulfide) groups is 1. The molecule has 32 heavy (non-hydrogen) atoms. The normalized spacial score (nSPS) is 12.0. The van der Waals surface area contributed by atoms with Crippen LogP contribution in [0, 0.1) is 0 Å². The number of hydrogen-bond donors (Lipinski definition) is 0. The van der Waals surface area contributed by atoms with E-state index >= 15 is 0 Å². The molecule has 2 aromatic carbocycles. The van der Waals surface area contributed by atoms with Gasteiger partial charge in [0.2, 0.25) is 5.89 Å². The molecule has 0 saturated carbocycles. The molecular weight excluding hydrogens is 450 g/mol. The lowest BCUT2D eigenvalue weighted by molar-refractivity contribution is -0.146. The molecule has 1 unspecified atom stereocenters. The average Bonchev–Trinajstić information content (AvgIpc) is 3.46. The van der Waals surface area contributed by atoms with Crippen molar-refractivity contribution in [1.29, 1.82) is 0 Å². The van der Waals surface area contributed by atoms with E-state index in [0.717, 1.165) is 11.1 Å². The molecule has 0 radical (unpaired) electrons. The number of esters is 1. The van der Waals surface area contributed by atoms with Crippen LogP contribution in [0.1, 0.15) is 25.8 Å². The van der Waals surface area contributed by atoms with Gasteiger partial charge in [0.05, 0.1) is 5.75 Å². The second-order valence-corrected chi connectivity index (χ2v) is 8.17. The van der Waals surface area contributed by atoms with Crippen LogP contribution in [0.4, 0.5) is 0 Å². The number of halogens is 1. The average molecular weight is 470 g/mol. The summed E-state index contributed by atoms with van der Waals surface area (Å²) < 4.78 is 13.0. The van der Waals surface area contributed by atoms with Gasteiger partial charge in [-0.05, 0) is 50.2 Å². The Morgan fingerprint density at radius 3 is 2.53 bits per heavy atom. The van der Waals surface area contributed by atoms with E-state index in [1.54, 1.807) is 19.1 Å². The molecule has 0 bridgehead atoms. The van der Waals surface area contributed by atoms with Gasteiger partial charge in [-0.25, -0.2) is 0 Å². The summed E-state index contributed by atoms with van der Waals surface area (Å²) in [5.74, 6) is 0.990. The largest absolute Gasteiger partial charge is 0.452 e. The van der Waals surface area contributed by atoms with Crippen LogP contribution in [-0.2, 0) is 16.1 Å². The molecule has 4 aromatic rings. The molecule has 0 amide bonds. The highest BCUT2D eigenvalue weighted by molar-refractivity contribution is 7.99. The number of ether oxygens (including phenoxy) is 1. The van der Waals surface area contributed by atoms with Gasteiger partial charge in [-0.15, -0.1) is 20.4 Å². The van der Waals surface area contributed by atoms with Gasteiger partial charge in [0.25, 0.3) is 5.89 Å². The standard InChI is InChI=1S/C22H20ClN5O3S/c1-3-28-19(15-9-11-17(23)12-10-15)24-27-22(28)32-13-18(29)30-14(2)20-25-26-21(31-20)16-7-5-4-6-8-16/h4-12,14H,3,13H2,1-2H3. The minimum Gasteiger partial charge on any atom is -0.452 e. The van der Waals surface area contributed by atoms with Gasteiger partial charge >= 0.3 is 5.97 Å². The van der Waals surface area contributed by atoms with E-state index in [9.17, 15) is 4.79 Å². The summed E-state index contributed by atoms with van der Waals surface area (Å²) >= 11 is 7.23. The highest BCUT2D eigenvalue weighted by Gasteiger charge is 2.20. The van der Waals surface area contributed by atoms with Crippen molar-refractivity contribution in [3.63, 3.8) is 0 Å². The Labute approximate surface area is 194 Å². The molecule has 4 rings (SSSR count). The molecule has 0 saturated heterocycles. The fourth-order valence-electron chi connectivity index (χ4n) is 2.99. The number of carbonyl (C=O) groups is 1. The summed E-state index contributed by atoms with van der Waals surface area (Å²) in [5.41, 5.74) is 1.70. The van der Waals surface area contributed by atoms with E-state index in [1.165, 1.54) is 11.8 Å². The van der Waals surface area contributed by atoms with Crippen LogP contribution in [0.3, 0.4) is 0 Å². The van der Waals surface area contributed by atoms with Crippen LogP contribution in [0.15, 0.2) is 64.2 Å². The quantitative estimate of drug-likeness (QED) is 0.261. The van der Waals surface area contributed by atoms with E-state index in [4.69, 9.17) is 20.8 Å². The first-order chi connectivity index (χ1) is 15.5. The van der Waals surface area contributed by atoms with Crippen LogP contribution in [-0.4, -0.2) is 36.7 Å². The van der Waals surface area contributed by atoms with E-state index < -0.39 is 12.1 Å². The summed E-state index contributed by atoms with van der Waals surface area (Å²) in [6.45, 7) is 4.34. The van der Waals surface area contributed by atoms with Crippen LogP contribution in [0.5, 0.6) is 0 Å². The minimum atomic E-state index is -0.665. The maximum atomic E-state index is 12.4. The Morgan fingerprint density at radius 1 is 1.06 bits per heavy atom. The number of aromatic nitrogens is 5. The molecule has 0 N–H and O–H groups in total. The number of rotatable bonds is 8. The minimum absolute atomic E-state index is 0.0722. The zero-order valence-corrected chi connectivity index (χ0v) is 19.0. The number of nitrogens with zero attached hydrogens (tertiary/aromatic N) is 5. The van der Waals surface area contributed by atoms with Gasteiger partial charge in [-0.2, -0.15) is 0 Å². The molecule has 1 atom stereocenters. The molecule has 0 aliphatic carbocycles. The molecule has 164 valence electrons. The lowest BCUT2D eigenvalue weighted by atomic mass is 10.2. The Balaban J connectivity index is 1.37. The second-order valence-electron chi connectivity index (χ2n) is 6.79. The Bertz CT molecular complexity index is 1190. The predicted octanol–water partition coefficient (Wildman–Crippen LogP) is 5.06. The van der Waals surface area contributed by atoms with E-state index in [0.29, 0.717) is 28.4 Å². The fourth-order valence-corrected chi connectivity index (χ4v) is 3.91. The zero-order valence-electron chi connectivity index (χ0n) is 17.4. The van der Waals surface area contributed by atoms with Crippen molar-refractivity contribution in [2.24, 2.45) is 0 Å². The van der Waals surface area contributed by atoms with Crippen molar-refractivity contribution < 1.29 is 13.9 Å². The van der Waals surface area contributed by atoms with Crippen LogP contribution < -0.4 is 0 Å². The summed E-state index contributed by atoms with van der Waals surface area (Å²) in [5, 5.41) is 17.8. The van der Waals surface area contributed by atoms with E-state index in [2.05, 4.69) is 20.4 Å². The smallest absolute Gasteiger partial charge is 0.317 e. The third kappa shape index (κ3) is 5.00. The monoisotopic (exact) mass is 469 g/mol. The maximum absolute atomic E-state index is 12.4. The molecule has 0 fully saturated rings. The van der Waals surface area contributed by atoms with Crippen LogP contribution in [0.2, 0.25) is 5.02 Å². The topological polar surface area (TPSA) is 95.9 Å². The van der Waals surface area contributed by atoms with E-state index in [1.807, 2.05) is 54.0 Å². The first-order valence-corrected chi connectivity index (χ1v) is 11.3. The van der Waals surface area contributed by atoms with Crippen LogP contribution in [0.25, 0.3) is 22.8 Å². The fraction of sp³-hybridized carbons (Fsp3) is 0.227. The molecule has 10 heteroatoms. The van der Waals surface area contributed by atoms with Gasteiger partial charge in [-0.3, -0.25) is 4.79 Å². The van der Waals surface area contributed by atoms with Crippen LogP contribution >= 0.6 is 23.4 Å². The number of benzene rings is 2. The third-order valence-corrected chi connectivity index (χ3v) is 5.76. The first-order valence-electron chi connectivity index (χ1n) is 9.95. The van der Waals surface area contributed by atoms with Gasteiger partial charge in [0.15, 0.2) is 17.1 Å². The summed E-state index contributed by atoms with van der Waals surface area (Å²) in [7, 11) is 0. The molecule has 0 aliphatic rings. The highest BCUT2D eigenvalue weighted by atomic mass is 35.5. The Hall–Kier alpha value is -3.17. The molecule has 8 nitrogen and oxygen atoms in total. The summed E-state index contributed by atoms with van der Waals surface area (Å²) in [6.07, 6.45) is -0.665. The van der Waals surface area contributed by atoms with E-state index in [-0.39, 0.29) is 11.6 Å². The predicted molar refractivity (Wildman–Crippen MR) is 121 cm³/mol. The first kappa shape index (κ1) is 22.0. The lowest BCUT2D eigenvalue weighted by Crippen LogP contribution is -2.12. The zero-order chi connectivity index (χ0) is 22.5. The second kappa shape index (κ2) is 9.97. The van der Waals surface area contributed by atoms with Gasteiger partial charge in [-0.1, -0.05) is 41.6 Å². The molecule has 2 aromatic heterocycles. The lowest BCUT2D eigenvalue weighted by Gasteiger charge is -2.10. The van der Waals surface area contributed by atoms with Crippen molar-refractivity contribution in [2.45, 2.75) is 31.7 Å². The van der Waals surface area contributed by atoms with Gasteiger partial charge < -0.3 is 13.7 Å². The highest BCUT2D eigenvalue weighted by Crippen LogP contribution is 2.26. The van der Waals surface area contributed by atoms with Crippen molar-refractivity contribution in [3.05, 3.63) is 65.5 Å². The van der Waals surface area contributed by atoms with Gasteiger partial charge in [0.1, 0.15) is 0 Å². The van der Waals surface area contributed by atoms with Crippen molar-refractivity contribution >= 4 is 29.3 Å².